The van der Waals surface area contributed by atoms with Crippen molar-refractivity contribution in [1.82, 2.24) is 9.55 Å². The quantitative estimate of drug-likeness (QED) is 0.257. The number of hydrogen-bond donors (Lipinski definition) is 0. The molecule has 2 rings (SSSR count). The lowest BCUT2D eigenvalue weighted by atomic mass is 10.0. The van der Waals surface area contributed by atoms with E-state index in [1.165, 1.54) is 37.1 Å². The number of rotatable bonds is 5. The molecule has 0 amide bonds. The summed E-state index contributed by atoms with van der Waals surface area (Å²) in [4.78, 5) is 52.2. The van der Waals surface area contributed by atoms with E-state index in [0.29, 0.717) is 10.9 Å². The summed E-state index contributed by atoms with van der Waals surface area (Å²) in [5, 5.41) is 0.311. The fourth-order valence-corrected chi connectivity index (χ4v) is 3.80. The third kappa shape index (κ3) is 5.37. The van der Waals surface area contributed by atoms with Gasteiger partial charge in [-0.05, 0) is 29.1 Å². The van der Waals surface area contributed by atoms with Crippen LogP contribution in [-0.4, -0.2) is 58.6 Å². The molecule has 2 heterocycles. The van der Waals surface area contributed by atoms with Crippen LogP contribution in [0.15, 0.2) is 14.4 Å². The summed E-state index contributed by atoms with van der Waals surface area (Å²) in [6.07, 6.45) is -2.89. The van der Waals surface area contributed by atoms with Gasteiger partial charge in [0, 0.05) is 20.8 Å². The summed E-state index contributed by atoms with van der Waals surface area (Å²) in [5.41, 5.74) is 0.0151. The van der Waals surface area contributed by atoms with Crippen molar-refractivity contribution >= 4 is 45.6 Å². The van der Waals surface area contributed by atoms with Crippen LogP contribution in [0, 0.1) is 6.92 Å². The van der Waals surface area contributed by atoms with Crippen LogP contribution in [0.4, 0.5) is 0 Å². The molecule has 10 nitrogen and oxygen atoms in total. The maximum atomic E-state index is 12.9. The Kier molecular flexibility index (Phi) is 7.83. The fraction of sp³-hybridized carbons (Fsp3) is 0.588. The normalized spacial score (nSPS) is 23.9. The zero-order valence-corrected chi connectivity index (χ0v) is 18.9. The van der Waals surface area contributed by atoms with E-state index in [-0.39, 0.29) is 11.1 Å². The number of halogens is 1. The minimum absolute atomic E-state index is 0.189. The van der Waals surface area contributed by atoms with Crippen molar-refractivity contribution in [2.75, 3.05) is 12.9 Å². The third-order valence-corrected chi connectivity index (χ3v) is 5.52. The number of aromatic nitrogens is 2. The van der Waals surface area contributed by atoms with Gasteiger partial charge in [0.1, 0.15) is 4.47 Å². The minimum atomic E-state index is -1.26. The topological polar surface area (TPSA) is 123 Å². The molecule has 0 radical (unpaired) electrons. The average molecular weight is 493 g/mol. The van der Waals surface area contributed by atoms with E-state index >= 15 is 0 Å². The Balaban J connectivity index is 2.61. The van der Waals surface area contributed by atoms with Gasteiger partial charge in [0.25, 0.3) is 5.56 Å². The van der Waals surface area contributed by atoms with E-state index in [4.69, 9.17) is 18.9 Å². The summed E-state index contributed by atoms with van der Waals surface area (Å²) < 4.78 is 23.1. The van der Waals surface area contributed by atoms with E-state index in [1.807, 2.05) is 0 Å². The van der Waals surface area contributed by atoms with Gasteiger partial charge in [-0.15, -0.1) is 0 Å². The minimum Gasteiger partial charge on any atom is -0.456 e. The number of hydrogen-bond acceptors (Lipinski definition) is 10. The number of aryl methyl sites for hydroxylation is 1. The average Bonchev–Trinajstić information content (AvgIpc) is 2.61. The molecule has 1 aliphatic rings. The molecule has 4 atom stereocenters. The monoisotopic (exact) mass is 492 g/mol. The summed E-state index contributed by atoms with van der Waals surface area (Å²) in [6.45, 7) is 5.00. The van der Waals surface area contributed by atoms with Crippen LogP contribution < -0.4 is 5.56 Å². The Morgan fingerprint density at radius 2 is 1.66 bits per heavy atom. The van der Waals surface area contributed by atoms with Crippen molar-refractivity contribution in [3.05, 3.63) is 20.5 Å². The van der Waals surface area contributed by atoms with Crippen molar-refractivity contribution in [1.29, 1.82) is 0 Å². The van der Waals surface area contributed by atoms with E-state index < -0.39 is 48.0 Å². The Hall–Kier alpha value is -1.92. The molecule has 1 saturated heterocycles. The number of thioether (sulfide) groups is 1. The maximum absolute atomic E-state index is 12.9. The van der Waals surface area contributed by atoms with E-state index in [9.17, 15) is 19.2 Å². The van der Waals surface area contributed by atoms with Crippen LogP contribution in [0.2, 0.25) is 0 Å². The largest absolute Gasteiger partial charge is 0.456 e. The summed E-state index contributed by atoms with van der Waals surface area (Å²) in [7, 11) is 0. The molecule has 12 heteroatoms. The first-order valence-corrected chi connectivity index (χ1v) is 10.5. The Morgan fingerprint density at radius 1 is 1.10 bits per heavy atom. The first kappa shape index (κ1) is 23.4. The molecule has 1 aromatic heterocycles. The van der Waals surface area contributed by atoms with Gasteiger partial charge in [-0.2, -0.15) is 0 Å². The number of carbonyl (C=O) groups excluding carboxylic acids is 3. The first-order valence-electron chi connectivity index (χ1n) is 8.52. The molecule has 0 N–H and O–H groups in total. The molecule has 0 unspecified atom stereocenters. The van der Waals surface area contributed by atoms with Gasteiger partial charge in [-0.1, -0.05) is 11.8 Å². The van der Waals surface area contributed by atoms with E-state index in [0.717, 1.165) is 0 Å². The van der Waals surface area contributed by atoms with E-state index in [2.05, 4.69) is 20.9 Å². The maximum Gasteiger partial charge on any atom is 0.303 e. The van der Waals surface area contributed by atoms with Crippen LogP contribution in [0.5, 0.6) is 0 Å². The second-order valence-corrected chi connectivity index (χ2v) is 7.76. The van der Waals surface area contributed by atoms with Crippen molar-refractivity contribution in [3.8, 4) is 0 Å². The lowest BCUT2D eigenvalue weighted by Crippen LogP contribution is -2.57. The van der Waals surface area contributed by atoms with Crippen LogP contribution in [0.3, 0.4) is 0 Å². The molecule has 0 spiro atoms. The van der Waals surface area contributed by atoms with Gasteiger partial charge < -0.3 is 18.9 Å². The lowest BCUT2D eigenvalue weighted by molar-refractivity contribution is -0.241. The molecule has 160 valence electrons. The third-order valence-electron chi connectivity index (χ3n) is 3.95. The number of esters is 3. The summed E-state index contributed by atoms with van der Waals surface area (Å²) in [5.74, 6) is -2.00. The van der Waals surface area contributed by atoms with Gasteiger partial charge in [0.15, 0.2) is 29.7 Å². The van der Waals surface area contributed by atoms with Gasteiger partial charge >= 0.3 is 17.9 Å². The second kappa shape index (κ2) is 9.72. The second-order valence-electron chi connectivity index (χ2n) is 6.19. The standard InChI is InChI=1S/C17H21BrN2O8S/c1-7-12(18)15(24)20(17(19-7)29-5)16-14(28-10(4)23)13(27-9(3)22)11(6-25-16)26-8(2)21/h11,13-14,16H,6H2,1-5H3/t11-,13+,14-,16-/m1/s1. The predicted octanol–water partition coefficient (Wildman–Crippen LogP) is 1.36. The predicted molar refractivity (Wildman–Crippen MR) is 104 cm³/mol. The van der Waals surface area contributed by atoms with Crippen molar-refractivity contribution in [3.63, 3.8) is 0 Å². The van der Waals surface area contributed by atoms with Crippen LogP contribution >= 0.6 is 27.7 Å². The Morgan fingerprint density at radius 3 is 2.17 bits per heavy atom. The molecular formula is C17H21BrN2O8S. The van der Waals surface area contributed by atoms with Crippen molar-refractivity contribution in [2.45, 2.75) is 57.4 Å². The Labute approximate surface area is 179 Å². The lowest BCUT2D eigenvalue weighted by Gasteiger charge is -2.41. The highest BCUT2D eigenvalue weighted by Gasteiger charge is 2.48. The number of ether oxygens (including phenoxy) is 4. The number of nitrogens with zero attached hydrogens (tertiary/aromatic N) is 2. The fourth-order valence-electron chi connectivity index (χ4n) is 2.91. The molecule has 0 saturated carbocycles. The molecular weight excluding hydrogens is 472 g/mol. The highest BCUT2D eigenvalue weighted by molar-refractivity contribution is 9.10. The van der Waals surface area contributed by atoms with Gasteiger partial charge in [-0.3, -0.25) is 23.7 Å². The molecule has 0 aromatic carbocycles. The first-order chi connectivity index (χ1) is 13.6. The van der Waals surface area contributed by atoms with Crippen LogP contribution in [-0.2, 0) is 33.3 Å². The molecule has 0 aliphatic carbocycles. The highest BCUT2D eigenvalue weighted by Crippen LogP contribution is 2.32. The highest BCUT2D eigenvalue weighted by atomic mass is 79.9. The zero-order chi connectivity index (χ0) is 21.9. The van der Waals surface area contributed by atoms with E-state index in [1.54, 1.807) is 13.2 Å². The van der Waals surface area contributed by atoms with Crippen molar-refractivity contribution < 1.29 is 33.3 Å². The van der Waals surface area contributed by atoms with Gasteiger partial charge in [-0.25, -0.2) is 4.98 Å². The van der Waals surface area contributed by atoms with Crippen molar-refractivity contribution in [2.24, 2.45) is 0 Å². The Bertz CT molecular complexity index is 874. The summed E-state index contributed by atoms with van der Waals surface area (Å²) >= 11 is 4.40. The van der Waals surface area contributed by atoms with Crippen LogP contribution in [0.25, 0.3) is 0 Å². The van der Waals surface area contributed by atoms with Crippen LogP contribution in [0.1, 0.15) is 32.7 Å². The smallest absolute Gasteiger partial charge is 0.303 e. The molecule has 1 aromatic rings. The van der Waals surface area contributed by atoms with Gasteiger partial charge in [0.05, 0.1) is 12.3 Å². The number of carbonyl (C=O) groups is 3. The van der Waals surface area contributed by atoms with Gasteiger partial charge in [0.2, 0.25) is 0 Å². The molecule has 1 aliphatic heterocycles. The zero-order valence-electron chi connectivity index (χ0n) is 16.5. The summed E-state index contributed by atoms with van der Waals surface area (Å²) in [6, 6.07) is 0. The molecule has 1 fully saturated rings. The molecule has 29 heavy (non-hydrogen) atoms. The molecule has 0 bridgehead atoms. The SMILES string of the molecule is CSc1nc(C)c(Br)c(=O)n1[C@@H]1OC[C@@H](OC(C)=O)[C@H](OC(C)=O)[C@H]1OC(C)=O.